The van der Waals surface area contributed by atoms with Crippen molar-refractivity contribution in [1.29, 1.82) is 0 Å². The fourth-order valence-corrected chi connectivity index (χ4v) is 3.31. The van der Waals surface area contributed by atoms with E-state index in [1.165, 1.54) is 0 Å². The molecule has 0 aliphatic rings. The molecule has 0 aliphatic carbocycles. The van der Waals surface area contributed by atoms with Gasteiger partial charge in [0.1, 0.15) is 12.4 Å². The van der Waals surface area contributed by atoms with Gasteiger partial charge in [-0.25, -0.2) is 0 Å². The van der Waals surface area contributed by atoms with E-state index >= 15 is 0 Å². The second-order valence-electron chi connectivity index (χ2n) is 7.04. The molecule has 0 fully saturated rings. The number of ether oxygens (including phenoxy) is 1. The molecule has 0 heterocycles. The van der Waals surface area contributed by atoms with Crippen molar-refractivity contribution < 1.29 is 14.4 Å². The molecule has 4 rings (SSSR count). The van der Waals surface area contributed by atoms with Crippen molar-refractivity contribution in [1.82, 2.24) is 0 Å². The molecule has 5 nitrogen and oxygen atoms in total. The summed E-state index contributed by atoms with van der Waals surface area (Å²) in [7, 11) is 0. The summed E-state index contributed by atoms with van der Waals surface area (Å²) in [6, 6.07) is 28.5. The van der Waals surface area contributed by atoms with Crippen LogP contribution in [0.4, 0.5) is 5.69 Å². The Hall–Kier alpha value is -3.83. The minimum absolute atomic E-state index is 0.197. The molecule has 0 saturated carbocycles. The van der Waals surface area contributed by atoms with Crippen molar-refractivity contribution >= 4 is 40.2 Å². The van der Waals surface area contributed by atoms with Gasteiger partial charge < -0.3 is 14.9 Å². The quantitative estimate of drug-likeness (QED) is 0.265. The molecule has 4 aromatic rings. The van der Waals surface area contributed by atoms with E-state index < -0.39 is 0 Å². The van der Waals surface area contributed by atoms with Gasteiger partial charge in [0.2, 0.25) is 0 Å². The normalized spacial score (nSPS) is 10.9. The van der Waals surface area contributed by atoms with E-state index in [4.69, 9.17) is 21.2 Å². The number of oxime groups is 1. The van der Waals surface area contributed by atoms with Crippen molar-refractivity contribution in [3.8, 4) is 5.75 Å². The summed E-state index contributed by atoms with van der Waals surface area (Å²) in [5, 5.41) is 9.48. The number of carbonyl (C=O) groups excluding carboxylic acids is 1. The summed E-state index contributed by atoms with van der Waals surface area (Å²) in [4.78, 5) is 17.3. The highest BCUT2D eigenvalue weighted by Gasteiger charge is 2.08. The lowest BCUT2D eigenvalue weighted by Crippen LogP contribution is -2.16. The van der Waals surface area contributed by atoms with Gasteiger partial charge in [-0.2, -0.15) is 0 Å². The monoisotopic (exact) mass is 444 g/mol. The highest BCUT2D eigenvalue weighted by Crippen LogP contribution is 2.27. The largest absolute Gasteiger partial charge is 0.488 e. The molecule has 0 unspecified atom stereocenters. The fourth-order valence-electron chi connectivity index (χ4n) is 3.18. The van der Waals surface area contributed by atoms with E-state index in [2.05, 4.69) is 10.5 Å². The van der Waals surface area contributed by atoms with Crippen molar-refractivity contribution in [3.05, 3.63) is 107 Å². The van der Waals surface area contributed by atoms with Crippen LogP contribution in [0.3, 0.4) is 0 Å². The number of fused-ring (bicyclic) bond motifs is 1. The van der Waals surface area contributed by atoms with Crippen LogP contribution in [-0.4, -0.2) is 18.7 Å². The number of anilines is 1. The van der Waals surface area contributed by atoms with Crippen LogP contribution in [0, 0.1) is 0 Å². The lowest BCUT2D eigenvalue weighted by Gasteiger charge is -2.12. The number of hydrogen-bond donors (Lipinski definition) is 1. The Kier molecular flexibility index (Phi) is 7.00. The van der Waals surface area contributed by atoms with Gasteiger partial charge in [-0.05, 0) is 46.7 Å². The third-order valence-electron chi connectivity index (χ3n) is 4.75. The van der Waals surface area contributed by atoms with Gasteiger partial charge in [-0.3, -0.25) is 4.79 Å². The third kappa shape index (κ3) is 5.65. The highest BCUT2D eigenvalue weighted by atomic mass is 35.5. The predicted octanol–water partition coefficient (Wildman–Crippen LogP) is 6.06. The van der Waals surface area contributed by atoms with Crippen LogP contribution in [0.15, 0.2) is 96.2 Å². The second-order valence-corrected chi connectivity index (χ2v) is 7.47. The number of benzene rings is 4. The van der Waals surface area contributed by atoms with E-state index in [0.717, 1.165) is 21.9 Å². The zero-order valence-electron chi connectivity index (χ0n) is 17.2. The second kappa shape index (κ2) is 10.5. The van der Waals surface area contributed by atoms with Crippen molar-refractivity contribution in [2.45, 2.75) is 6.61 Å². The zero-order valence-corrected chi connectivity index (χ0v) is 18.0. The van der Waals surface area contributed by atoms with Crippen LogP contribution in [0.1, 0.15) is 11.1 Å². The summed E-state index contributed by atoms with van der Waals surface area (Å²) < 4.78 is 6.06. The van der Waals surface area contributed by atoms with Crippen LogP contribution in [0.25, 0.3) is 10.8 Å². The first-order chi connectivity index (χ1) is 15.7. The smallest absolute Gasteiger partial charge is 0.265 e. The molecule has 0 saturated heterocycles. The summed E-state index contributed by atoms with van der Waals surface area (Å²) in [5.41, 5.74) is 2.48. The van der Waals surface area contributed by atoms with Gasteiger partial charge in [0.05, 0.1) is 6.21 Å². The Morgan fingerprint density at radius 3 is 2.47 bits per heavy atom. The van der Waals surface area contributed by atoms with E-state index in [1.807, 2.05) is 91.0 Å². The Morgan fingerprint density at radius 1 is 0.906 bits per heavy atom. The molecular weight excluding hydrogens is 424 g/mol. The molecule has 1 N–H and O–H groups in total. The van der Waals surface area contributed by atoms with Gasteiger partial charge in [0.15, 0.2) is 6.61 Å². The third-order valence-corrected chi connectivity index (χ3v) is 5.00. The topological polar surface area (TPSA) is 59.9 Å². The molecule has 6 heteroatoms. The number of nitrogens with zero attached hydrogens (tertiary/aromatic N) is 1. The van der Waals surface area contributed by atoms with Gasteiger partial charge in [0.25, 0.3) is 5.91 Å². The summed E-state index contributed by atoms with van der Waals surface area (Å²) in [5.74, 6) is 0.380. The molecule has 32 heavy (non-hydrogen) atoms. The summed E-state index contributed by atoms with van der Waals surface area (Å²) in [6.07, 6.45) is 1.58. The molecule has 0 aromatic heterocycles. The maximum Gasteiger partial charge on any atom is 0.265 e. The SMILES string of the molecule is O=C(CON=Cc1c(OCc2ccc(Cl)cc2)ccc2ccccc12)Nc1ccccc1. The lowest BCUT2D eigenvalue weighted by molar-refractivity contribution is -0.120. The number of carbonyl (C=O) groups is 1. The minimum Gasteiger partial charge on any atom is -0.488 e. The molecule has 0 atom stereocenters. The van der Waals surface area contributed by atoms with E-state index in [0.29, 0.717) is 23.1 Å². The molecule has 0 bridgehead atoms. The molecule has 0 aliphatic heterocycles. The fraction of sp³-hybridized carbons (Fsp3) is 0.0769. The molecular formula is C26H21ClN2O3. The highest BCUT2D eigenvalue weighted by molar-refractivity contribution is 6.30. The Labute approximate surface area is 191 Å². The number of amides is 1. The maximum atomic E-state index is 12.0. The number of rotatable bonds is 8. The Balaban J connectivity index is 1.46. The van der Waals surface area contributed by atoms with Crippen molar-refractivity contribution in [3.63, 3.8) is 0 Å². The Morgan fingerprint density at radius 2 is 1.66 bits per heavy atom. The van der Waals surface area contributed by atoms with Crippen LogP contribution >= 0.6 is 11.6 Å². The average Bonchev–Trinajstić information content (AvgIpc) is 2.82. The first kappa shape index (κ1) is 21.4. The molecule has 0 spiro atoms. The number of hydrogen-bond acceptors (Lipinski definition) is 4. The molecule has 4 aromatic carbocycles. The van der Waals surface area contributed by atoms with Crippen LogP contribution < -0.4 is 10.1 Å². The summed E-state index contributed by atoms with van der Waals surface area (Å²) >= 11 is 5.96. The van der Waals surface area contributed by atoms with E-state index in [1.54, 1.807) is 6.21 Å². The van der Waals surface area contributed by atoms with Gasteiger partial charge in [0, 0.05) is 16.3 Å². The van der Waals surface area contributed by atoms with Crippen LogP contribution in [0.5, 0.6) is 5.75 Å². The van der Waals surface area contributed by atoms with E-state index in [9.17, 15) is 4.79 Å². The average molecular weight is 445 g/mol. The Bertz CT molecular complexity index is 1230. The predicted molar refractivity (Wildman–Crippen MR) is 128 cm³/mol. The van der Waals surface area contributed by atoms with Crippen LogP contribution in [0.2, 0.25) is 5.02 Å². The van der Waals surface area contributed by atoms with Crippen LogP contribution in [-0.2, 0) is 16.2 Å². The van der Waals surface area contributed by atoms with Gasteiger partial charge in [-0.15, -0.1) is 0 Å². The van der Waals surface area contributed by atoms with Crippen molar-refractivity contribution in [2.75, 3.05) is 11.9 Å². The lowest BCUT2D eigenvalue weighted by atomic mass is 10.0. The number of para-hydroxylation sites is 1. The maximum absolute atomic E-state index is 12.0. The molecule has 0 radical (unpaired) electrons. The standard InChI is InChI=1S/C26H21ClN2O3/c27-21-13-10-19(11-14-21)17-31-25-15-12-20-6-4-5-9-23(20)24(25)16-28-32-18-26(30)29-22-7-2-1-3-8-22/h1-16H,17-18H2,(H,29,30). The molecule has 160 valence electrons. The van der Waals surface area contributed by atoms with E-state index in [-0.39, 0.29) is 12.5 Å². The summed E-state index contributed by atoms with van der Waals surface area (Å²) in [6.45, 7) is 0.188. The first-order valence-electron chi connectivity index (χ1n) is 10.1. The van der Waals surface area contributed by atoms with Gasteiger partial charge >= 0.3 is 0 Å². The van der Waals surface area contributed by atoms with Gasteiger partial charge in [-0.1, -0.05) is 77.4 Å². The van der Waals surface area contributed by atoms with Crippen molar-refractivity contribution in [2.24, 2.45) is 5.16 Å². The zero-order chi connectivity index (χ0) is 22.2. The minimum atomic E-state index is -0.287. The first-order valence-corrected chi connectivity index (χ1v) is 10.5. The number of nitrogens with one attached hydrogen (secondary N) is 1. The number of halogens is 1. The molecule has 1 amide bonds.